The zero-order valence-corrected chi connectivity index (χ0v) is 5.86. The molecule has 0 saturated heterocycles. The topological polar surface area (TPSA) is 55.5 Å². The molecule has 0 bridgehead atoms. The van der Waals surface area contributed by atoms with Crippen molar-refractivity contribution in [1.29, 1.82) is 0 Å². The second kappa shape index (κ2) is 3.68. The molecule has 0 saturated carbocycles. The summed E-state index contributed by atoms with van der Waals surface area (Å²) in [5.74, 6) is 0. The summed E-state index contributed by atoms with van der Waals surface area (Å²) in [6, 6.07) is 0. The van der Waals surface area contributed by atoms with Crippen LogP contribution >= 0.6 is 0 Å². The Labute approximate surface area is 68.1 Å². The summed E-state index contributed by atoms with van der Waals surface area (Å²) < 4.78 is 72.5. The zero-order chi connectivity index (χ0) is 10.9. The smallest absolute Gasteiger partial charge is 0.356 e. The number of alkyl halides is 6. The van der Waals surface area contributed by atoms with Gasteiger partial charge in [-0.15, -0.1) is 0 Å². The van der Waals surface area contributed by atoms with Crippen LogP contribution < -0.4 is 5.73 Å². The lowest BCUT2D eigenvalue weighted by molar-refractivity contribution is -0.347. The zero-order valence-electron chi connectivity index (χ0n) is 5.86. The molecule has 3 N–H and O–H groups in total. The van der Waals surface area contributed by atoms with Gasteiger partial charge in [0.25, 0.3) is 6.10 Å². The molecule has 0 aliphatic carbocycles. The monoisotopic (exact) mass is 213 g/mol. The Balaban J connectivity index is 4.58. The molecular formula is C4H5F6NO2. The fraction of sp³-hybridized carbons (Fsp3) is 1.00. The van der Waals surface area contributed by atoms with Crippen LogP contribution in [0, 0.1) is 0 Å². The highest BCUT2D eigenvalue weighted by molar-refractivity contribution is 4.75. The van der Waals surface area contributed by atoms with Gasteiger partial charge in [-0.1, -0.05) is 0 Å². The number of hydrogen-bond acceptors (Lipinski definition) is 3. The molecule has 1 unspecified atom stereocenters. The lowest BCUT2D eigenvalue weighted by Crippen LogP contribution is -2.48. The van der Waals surface area contributed by atoms with Gasteiger partial charge in [-0.3, -0.25) is 5.73 Å². The number of rotatable bonds is 2. The highest BCUT2D eigenvalue weighted by atomic mass is 19.4. The van der Waals surface area contributed by atoms with E-state index >= 15 is 0 Å². The first-order chi connectivity index (χ1) is 5.55. The lowest BCUT2D eigenvalue weighted by Gasteiger charge is -2.23. The lowest BCUT2D eigenvalue weighted by atomic mass is 10.3. The molecular weight excluding hydrogens is 208 g/mol. The minimum atomic E-state index is -5.65. The van der Waals surface area contributed by atoms with Crippen LogP contribution in [0.2, 0.25) is 0 Å². The van der Waals surface area contributed by atoms with Crippen molar-refractivity contribution in [2.75, 3.05) is 0 Å². The van der Waals surface area contributed by atoms with Crippen LogP contribution in [0.4, 0.5) is 26.3 Å². The first kappa shape index (κ1) is 12.5. The van der Waals surface area contributed by atoms with E-state index in [1.165, 1.54) is 0 Å². The maximum atomic E-state index is 11.6. The van der Waals surface area contributed by atoms with E-state index in [1.807, 2.05) is 0 Å². The molecule has 13 heavy (non-hydrogen) atoms. The van der Waals surface area contributed by atoms with Gasteiger partial charge in [0.1, 0.15) is 0 Å². The van der Waals surface area contributed by atoms with Gasteiger partial charge in [0.2, 0.25) is 6.41 Å². The first-order valence-electron chi connectivity index (χ1n) is 2.77. The van der Waals surface area contributed by atoms with Gasteiger partial charge < -0.3 is 9.84 Å². The van der Waals surface area contributed by atoms with E-state index in [0.717, 1.165) is 0 Å². The molecule has 1 atom stereocenters. The summed E-state index contributed by atoms with van der Waals surface area (Å²) in [5, 5.41) is 8.01. The molecule has 0 fully saturated rings. The van der Waals surface area contributed by atoms with Crippen LogP contribution in [0.15, 0.2) is 0 Å². The van der Waals surface area contributed by atoms with Gasteiger partial charge in [-0.25, -0.2) is 0 Å². The van der Waals surface area contributed by atoms with E-state index in [0.29, 0.717) is 0 Å². The van der Waals surface area contributed by atoms with E-state index in [9.17, 15) is 26.3 Å². The van der Waals surface area contributed by atoms with Crippen LogP contribution in [0.25, 0.3) is 0 Å². The Morgan fingerprint density at radius 3 is 1.38 bits per heavy atom. The number of aliphatic hydroxyl groups is 1. The van der Waals surface area contributed by atoms with Crippen molar-refractivity contribution in [2.24, 2.45) is 5.73 Å². The van der Waals surface area contributed by atoms with Crippen LogP contribution in [-0.4, -0.2) is 30.0 Å². The Morgan fingerprint density at radius 1 is 1.00 bits per heavy atom. The minimum absolute atomic E-state index is 2.63. The molecule has 3 nitrogen and oxygen atoms in total. The maximum Gasteiger partial charge on any atom is 0.423 e. The number of nitrogens with two attached hydrogens (primary N) is 1. The Bertz CT molecular complexity index is 149. The summed E-state index contributed by atoms with van der Waals surface area (Å²) in [6.07, 6.45) is -18.0. The third-order valence-corrected chi connectivity index (χ3v) is 0.870. The van der Waals surface area contributed by atoms with Gasteiger partial charge in [-0.05, 0) is 0 Å². The van der Waals surface area contributed by atoms with Crippen molar-refractivity contribution in [3.8, 4) is 0 Å². The average Bonchev–Trinajstić information content (AvgIpc) is 1.77. The molecule has 0 aromatic rings. The highest BCUT2D eigenvalue weighted by Gasteiger charge is 2.58. The van der Waals surface area contributed by atoms with E-state index in [2.05, 4.69) is 10.5 Å². The van der Waals surface area contributed by atoms with Crippen molar-refractivity contribution >= 4 is 0 Å². The largest absolute Gasteiger partial charge is 0.423 e. The molecule has 9 heteroatoms. The standard InChI is InChI=1S/C4H5F6NO2/c5-3(6,7)1(4(8,9)10)13-2(11)12/h1-2,12H,11H2. The van der Waals surface area contributed by atoms with Crippen LogP contribution in [0.1, 0.15) is 0 Å². The molecule has 0 radical (unpaired) electrons. The Morgan fingerprint density at radius 2 is 1.31 bits per heavy atom. The Hall–Kier alpha value is -0.540. The summed E-state index contributed by atoms with van der Waals surface area (Å²) in [6.45, 7) is 0. The van der Waals surface area contributed by atoms with Crippen molar-refractivity contribution in [2.45, 2.75) is 24.9 Å². The summed E-state index contributed by atoms with van der Waals surface area (Å²) >= 11 is 0. The second-order valence-corrected chi connectivity index (χ2v) is 1.99. The third kappa shape index (κ3) is 4.29. The fourth-order valence-electron chi connectivity index (χ4n) is 0.479. The quantitative estimate of drug-likeness (QED) is 0.525. The van der Waals surface area contributed by atoms with Crippen LogP contribution in [-0.2, 0) is 4.74 Å². The summed E-state index contributed by atoms with van der Waals surface area (Å²) in [5.41, 5.74) is 4.22. The van der Waals surface area contributed by atoms with Crippen molar-refractivity contribution in [3.63, 3.8) is 0 Å². The molecule has 0 aliphatic heterocycles. The number of hydrogen-bond donors (Lipinski definition) is 2. The number of ether oxygens (including phenoxy) is 1. The molecule has 0 heterocycles. The van der Waals surface area contributed by atoms with E-state index in [-0.39, 0.29) is 0 Å². The van der Waals surface area contributed by atoms with E-state index in [4.69, 9.17) is 5.11 Å². The van der Waals surface area contributed by atoms with Gasteiger partial charge >= 0.3 is 12.4 Å². The molecule has 0 aromatic heterocycles. The van der Waals surface area contributed by atoms with Crippen molar-refractivity contribution in [3.05, 3.63) is 0 Å². The van der Waals surface area contributed by atoms with Crippen molar-refractivity contribution < 1.29 is 36.2 Å². The van der Waals surface area contributed by atoms with Crippen molar-refractivity contribution in [1.82, 2.24) is 0 Å². The van der Waals surface area contributed by atoms with E-state index in [1.54, 1.807) is 0 Å². The third-order valence-electron chi connectivity index (χ3n) is 0.870. The van der Waals surface area contributed by atoms with Gasteiger partial charge in [0.05, 0.1) is 0 Å². The van der Waals surface area contributed by atoms with Gasteiger partial charge in [-0.2, -0.15) is 26.3 Å². The predicted molar refractivity (Wildman–Crippen MR) is 27.2 cm³/mol. The molecule has 0 amide bonds. The van der Waals surface area contributed by atoms with E-state index < -0.39 is 24.9 Å². The summed E-state index contributed by atoms with van der Waals surface area (Å²) in [4.78, 5) is 0. The molecule has 0 aromatic carbocycles. The SMILES string of the molecule is NC(O)OC(C(F)(F)F)C(F)(F)F. The maximum absolute atomic E-state index is 11.6. The first-order valence-corrected chi connectivity index (χ1v) is 2.77. The molecule has 80 valence electrons. The molecule has 0 rings (SSSR count). The predicted octanol–water partition coefficient (Wildman–Crippen LogP) is 0.731. The van der Waals surface area contributed by atoms with Gasteiger partial charge in [0.15, 0.2) is 0 Å². The van der Waals surface area contributed by atoms with Crippen LogP contribution in [0.3, 0.4) is 0 Å². The number of halogens is 6. The minimum Gasteiger partial charge on any atom is -0.356 e. The summed E-state index contributed by atoms with van der Waals surface area (Å²) in [7, 11) is 0. The van der Waals surface area contributed by atoms with Crippen LogP contribution in [0.5, 0.6) is 0 Å². The normalized spacial score (nSPS) is 16.4. The van der Waals surface area contributed by atoms with Gasteiger partial charge in [0, 0.05) is 0 Å². The highest BCUT2D eigenvalue weighted by Crippen LogP contribution is 2.35. The Kier molecular flexibility index (Phi) is 3.53. The molecule has 0 aliphatic rings. The number of aliphatic hydroxyl groups excluding tert-OH is 1. The fourth-order valence-corrected chi connectivity index (χ4v) is 0.479. The average molecular weight is 213 g/mol. The molecule has 0 spiro atoms. The second-order valence-electron chi connectivity index (χ2n) is 1.99.